The molecule has 4 nitrogen and oxygen atoms in total. The Bertz CT molecular complexity index is 1410. The van der Waals surface area contributed by atoms with Gasteiger partial charge in [0.05, 0.1) is 15.9 Å². The number of para-hydroxylation sites is 2. The first kappa shape index (κ1) is 21.0. The summed E-state index contributed by atoms with van der Waals surface area (Å²) in [6.07, 6.45) is 0. The predicted molar refractivity (Wildman–Crippen MR) is 141 cm³/mol. The van der Waals surface area contributed by atoms with Crippen LogP contribution in [0.15, 0.2) is 103 Å². The second-order valence-corrected chi connectivity index (χ2v) is 8.82. The van der Waals surface area contributed by atoms with Gasteiger partial charge in [0.1, 0.15) is 5.01 Å². The lowest BCUT2D eigenvalue weighted by atomic mass is 10.0. The van der Waals surface area contributed by atoms with Gasteiger partial charge in [-0.15, -0.1) is 11.3 Å². The number of thiazole rings is 1. The van der Waals surface area contributed by atoms with Crippen LogP contribution in [0.4, 0.5) is 5.69 Å². The molecule has 2 N–H and O–H groups in total. The van der Waals surface area contributed by atoms with E-state index in [1.807, 2.05) is 84.9 Å². The van der Waals surface area contributed by atoms with E-state index in [4.69, 9.17) is 17.2 Å². The number of fused-ring (bicyclic) bond motifs is 1. The zero-order valence-corrected chi connectivity index (χ0v) is 19.1. The number of amides is 1. The highest BCUT2D eigenvalue weighted by molar-refractivity contribution is 7.80. The molecule has 0 radical (unpaired) electrons. The standard InChI is InChI=1S/C27H19N3OS2/c31-25(20-16-14-19(15-17-20)18-8-2-1-3-9-18)30-27(32)29-22-11-5-4-10-21(22)26-28-23-12-6-7-13-24(23)33-26/h1-17H,(H2,29,30,31,32). The monoisotopic (exact) mass is 465 g/mol. The van der Waals surface area contributed by atoms with Crippen molar-refractivity contribution in [3.8, 4) is 21.7 Å². The Morgan fingerprint density at radius 2 is 1.42 bits per heavy atom. The van der Waals surface area contributed by atoms with Crippen molar-refractivity contribution in [2.24, 2.45) is 0 Å². The minimum atomic E-state index is -0.260. The van der Waals surface area contributed by atoms with Crippen molar-refractivity contribution in [1.82, 2.24) is 10.3 Å². The van der Waals surface area contributed by atoms with E-state index in [9.17, 15) is 4.79 Å². The van der Waals surface area contributed by atoms with Gasteiger partial charge in [-0.1, -0.05) is 66.7 Å². The average molecular weight is 466 g/mol. The van der Waals surface area contributed by atoms with Gasteiger partial charge >= 0.3 is 0 Å². The zero-order chi connectivity index (χ0) is 22.6. The van der Waals surface area contributed by atoms with E-state index < -0.39 is 0 Å². The van der Waals surface area contributed by atoms with Crippen molar-refractivity contribution in [2.45, 2.75) is 0 Å². The number of benzene rings is 4. The first-order valence-corrected chi connectivity index (χ1v) is 11.6. The summed E-state index contributed by atoms with van der Waals surface area (Å²) in [5.74, 6) is -0.260. The molecule has 0 aliphatic rings. The summed E-state index contributed by atoms with van der Waals surface area (Å²) in [4.78, 5) is 17.5. The normalized spacial score (nSPS) is 10.7. The smallest absolute Gasteiger partial charge is 0.257 e. The van der Waals surface area contributed by atoms with Crippen LogP contribution in [-0.2, 0) is 0 Å². The zero-order valence-electron chi connectivity index (χ0n) is 17.5. The van der Waals surface area contributed by atoms with Crippen molar-refractivity contribution < 1.29 is 4.79 Å². The Balaban J connectivity index is 1.30. The van der Waals surface area contributed by atoms with E-state index >= 15 is 0 Å². The SMILES string of the molecule is O=C(NC(=S)Nc1ccccc1-c1nc2ccccc2s1)c1ccc(-c2ccccc2)cc1. The first-order chi connectivity index (χ1) is 16.2. The van der Waals surface area contributed by atoms with Gasteiger partial charge < -0.3 is 5.32 Å². The number of nitrogens with one attached hydrogen (secondary N) is 2. The molecule has 1 heterocycles. The summed E-state index contributed by atoms with van der Waals surface area (Å²) in [6, 6.07) is 33.4. The summed E-state index contributed by atoms with van der Waals surface area (Å²) in [6.45, 7) is 0. The Hall–Kier alpha value is -3.87. The number of hydrogen-bond donors (Lipinski definition) is 2. The lowest BCUT2D eigenvalue weighted by Gasteiger charge is -2.12. The fourth-order valence-corrected chi connectivity index (χ4v) is 4.75. The number of aromatic nitrogens is 1. The van der Waals surface area contributed by atoms with Gasteiger partial charge in [-0.3, -0.25) is 10.1 Å². The van der Waals surface area contributed by atoms with Gasteiger partial charge in [0, 0.05) is 11.1 Å². The molecule has 4 aromatic carbocycles. The number of thiocarbonyl (C=S) groups is 1. The van der Waals surface area contributed by atoms with Crippen LogP contribution in [0, 0.1) is 0 Å². The predicted octanol–water partition coefficient (Wildman–Crippen LogP) is 6.76. The number of hydrogen-bond acceptors (Lipinski definition) is 4. The maximum absolute atomic E-state index is 12.7. The van der Waals surface area contributed by atoms with Crippen LogP contribution in [0.2, 0.25) is 0 Å². The molecule has 0 spiro atoms. The highest BCUT2D eigenvalue weighted by Gasteiger charge is 2.13. The van der Waals surface area contributed by atoms with E-state index in [1.165, 1.54) is 0 Å². The summed E-state index contributed by atoms with van der Waals surface area (Å²) in [7, 11) is 0. The topological polar surface area (TPSA) is 54.0 Å². The molecule has 0 atom stereocenters. The lowest BCUT2D eigenvalue weighted by Crippen LogP contribution is -2.34. The molecule has 5 aromatic rings. The molecular weight excluding hydrogens is 446 g/mol. The Labute approximate surface area is 200 Å². The Morgan fingerprint density at radius 1 is 0.758 bits per heavy atom. The van der Waals surface area contributed by atoms with E-state index in [-0.39, 0.29) is 11.0 Å². The van der Waals surface area contributed by atoms with Crippen LogP contribution < -0.4 is 10.6 Å². The number of anilines is 1. The van der Waals surface area contributed by atoms with Gasteiger partial charge in [-0.25, -0.2) is 4.98 Å². The summed E-state index contributed by atoms with van der Waals surface area (Å²) >= 11 is 7.05. The Kier molecular flexibility index (Phi) is 5.93. The van der Waals surface area contributed by atoms with E-state index in [2.05, 4.69) is 16.7 Å². The van der Waals surface area contributed by atoms with Crippen molar-refractivity contribution in [2.75, 3.05) is 5.32 Å². The second kappa shape index (κ2) is 9.32. The third-order valence-electron chi connectivity index (χ3n) is 5.18. The second-order valence-electron chi connectivity index (χ2n) is 7.38. The minimum Gasteiger partial charge on any atom is -0.332 e. The molecule has 0 bridgehead atoms. The molecule has 6 heteroatoms. The number of carbonyl (C=O) groups excluding carboxylic acids is 1. The Morgan fingerprint density at radius 3 is 2.21 bits per heavy atom. The van der Waals surface area contributed by atoms with Crippen LogP contribution in [0.25, 0.3) is 31.9 Å². The van der Waals surface area contributed by atoms with Crippen LogP contribution in [0.3, 0.4) is 0 Å². The van der Waals surface area contributed by atoms with Gasteiger partial charge in [-0.2, -0.15) is 0 Å². The largest absolute Gasteiger partial charge is 0.332 e. The third-order valence-corrected chi connectivity index (χ3v) is 6.45. The van der Waals surface area contributed by atoms with Crippen molar-refractivity contribution in [3.05, 3.63) is 109 Å². The lowest BCUT2D eigenvalue weighted by molar-refractivity contribution is 0.0978. The summed E-state index contributed by atoms with van der Waals surface area (Å²) < 4.78 is 1.12. The molecule has 33 heavy (non-hydrogen) atoms. The van der Waals surface area contributed by atoms with Gasteiger partial charge in [0.2, 0.25) is 0 Å². The van der Waals surface area contributed by atoms with E-state index in [1.54, 1.807) is 23.5 Å². The number of carbonyl (C=O) groups is 1. The quantitative estimate of drug-likeness (QED) is 0.288. The molecule has 0 saturated carbocycles. The van der Waals surface area contributed by atoms with Crippen molar-refractivity contribution in [3.63, 3.8) is 0 Å². The maximum atomic E-state index is 12.7. The maximum Gasteiger partial charge on any atom is 0.257 e. The number of nitrogens with zero attached hydrogens (tertiary/aromatic N) is 1. The van der Waals surface area contributed by atoms with Crippen molar-refractivity contribution in [1.29, 1.82) is 0 Å². The summed E-state index contributed by atoms with van der Waals surface area (Å²) in [5, 5.41) is 7.06. The fourth-order valence-electron chi connectivity index (χ4n) is 3.54. The molecule has 0 unspecified atom stereocenters. The molecule has 160 valence electrons. The minimum absolute atomic E-state index is 0.237. The van der Waals surface area contributed by atoms with Crippen LogP contribution in [-0.4, -0.2) is 16.0 Å². The van der Waals surface area contributed by atoms with E-state index in [0.717, 1.165) is 37.6 Å². The van der Waals surface area contributed by atoms with Crippen LogP contribution in [0.1, 0.15) is 10.4 Å². The highest BCUT2D eigenvalue weighted by atomic mass is 32.1. The fraction of sp³-hybridized carbons (Fsp3) is 0. The molecular formula is C27H19N3OS2. The van der Waals surface area contributed by atoms with Gasteiger partial charge in [-0.05, 0) is 59.7 Å². The molecule has 5 rings (SSSR count). The van der Waals surface area contributed by atoms with Crippen LogP contribution in [0.5, 0.6) is 0 Å². The van der Waals surface area contributed by atoms with Crippen LogP contribution >= 0.6 is 23.6 Å². The molecule has 0 fully saturated rings. The molecule has 0 aliphatic heterocycles. The molecule has 0 aliphatic carbocycles. The summed E-state index contributed by atoms with van der Waals surface area (Å²) in [5.41, 5.74) is 5.38. The first-order valence-electron chi connectivity index (χ1n) is 10.4. The average Bonchev–Trinajstić information content (AvgIpc) is 3.29. The number of rotatable bonds is 4. The van der Waals surface area contributed by atoms with Gasteiger partial charge in [0.25, 0.3) is 5.91 Å². The molecule has 1 aromatic heterocycles. The third kappa shape index (κ3) is 4.67. The van der Waals surface area contributed by atoms with Gasteiger partial charge in [0.15, 0.2) is 5.11 Å². The molecule has 1 amide bonds. The van der Waals surface area contributed by atoms with E-state index in [0.29, 0.717) is 5.56 Å². The van der Waals surface area contributed by atoms with Crippen molar-refractivity contribution >= 4 is 50.5 Å². The molecule has 0 saturated heterocycles. The highest BCUT2D eigenvalue weighted by Crippen LogP contribution is 2.34.